The zero-order valence-corrected chi connectivity index (χ0v) is 19.5. The minimum absolute atomic E-state index is 0.274. The van der Waals surface area contributed by atoms with E-state index in [0.29, 0.717) is 22.0 Å². The molecule has 0 aliphatic rings. The molecule has 33 heavy (non-hydrogen) atoms. The maximum absolute atomic E-state index is 13.4. The van der Waals surface area contributed by atoms with Crippen LogP contribution < -0.4 is 10.1 Å². The van der Waals surface area contributed by atoms with E-state index >= 15 is 0 Å². The number of allylic oxidation sites excluding steroid dienone is 1. The highest BCUT2D eigenvalue weighted by Gasteiger charge is 2.19. The van der Waals surface area contributed by atoms with E-state index in [-0.39, 0.29) is 11.7 Å². The topological polar surface area (TPSA) is 51.5 Å². The molecule has 0 bridgehead atoms. The summed E-state index contributed by atoms with van der Waals surface area (Å²) in [5, 5.41) is 4.29. The number of fused-ring (bicyclic) bond motifs is 1. The summed E-state index contributed by atoms with van der Waals surface area (Å²) in [5.41, 5.74) is 6.23. The van der Waals surface area contributed by atoms with Crippen LogP contribution in [0.3, 0.4) is 0 Å². The van der Waals surface area contributed by atoms with E-state index in [4.69, 9.17) is 20.8 Å². The van der Waals surface area contributed by atoms with Crippen LogP contribution in [0.25, 0.3) is 27.7 Å². The molecule has 1 N–H and O–H groups in total. The van der Waals surface area contributed by atoms with Crippen molar-refractivity contribution in [1.29, 1.82) is 0 Å². The SMILES string of the molecule is COc1c(/C(C)=C/C(=O)Nc2cc(Cl)ccc2C)cc2c(-c3ccc(F)cc3)coc2c1C. The molecular formula is C27H23ClFNO3. The molecule has 4 rings (SSSR count). The second-order valence-corrected chi connectivity index (χ2v) is 8.33. The highest BCUT2D eigenvalue weighted by atomic mass is 35.5. The van der Waals surface area contributed by atoms with Crippen LogP contribution in [0.4, 0.5) is 10.1 Å². The molecule has 0 spiro atoms. The van der Waals surface area contributed by atoms with Crippen molar-refractivity contribution in [3.63, 3.8) is 0 Å². The van der Waals surface area contributed by atoms with Gasteiger partial charge in [-0.25, -0.2) is 4.39 Å². The maximum Gasteiger partial charge on any atom is 0.248 e. The van der Waals surface area contributed by atoms with Crippen LogP contribution in [0.5, 0.6) is 5.75 Å². The first-order valence-electron chi connectivity index (χ1n) is 10.4. The van der Waals surface area contributed by atoms with Gasteiger partial charge >= 0.3 is 0 Å². The Morgan fingerprint density at radius 3 is 2.55 bits per heavy atom. The molecule has 3 aromatic carbocycles. The van der Waals surface area contributed by atoms with Crippen molar-refractivity contribution in [2.24, 2.45) is 0 Å². The van der Waals surface area contributed by atoms with E-state index in [2.05, 4.69) is 5.32 Å². The van der Waals surface area contributed by atoms with Gasteiger partial charge in [0.1, 0.15) is 17.1 Å². The Balaban J connectivity index is 1.76. The first-order valence-corrected chi connectivity index (χ1v) is 10.8. The van der Waals surface area contributed by atoms with Crippen LogP contribution in [0.2, 0.25) is 5.02 Å². The second-order valence-electron chi connectivity index (χ2n) is 7.89. The average molecular weight is 464 g/mol. The highest BCUT2D eigenvalue weighted by molar-refractivity contribution is 6.31. The molecule has 0 fully saturated rings. The number of methoxy groups -OCH3 is 1. The van der Waals surface area contributed by atoms with Gasteiger partial charge in [-0.3, -0.25) is 4.79 Å². The van der Waals surface area contributed by atoms with Gasteiger partial charge < -0.3 is 14.5 Å². The van der Waals surface area contributed by atoms with Crippen LogP contribution >= 0.6 is 11.6 Å². The molecule has 168 valence electrons. The summed E-state index contributed by atoms with van der Waals surface area (Å²) in [4.78, 5) is 12.8. The standard InChI is InChI=1S/C27H23ClFNO3/c1-15-5-8-19(28)12-24(15)30-25(31)11-16(2)21-13-22-23(18-6-9-20(29)10-7-18)14-33-27(22)17(3)26(21)32-4/h5-14H,1-4H3,(H,30,31)/b16-11+. The van der Waals surface area contributed by atoms with E-state index in [1.807, 2.05) is 32.9 Å². The Bertz CT molecular complexity index is 1390. The summed E-state index contributed by atoms with van der Waals surface area (Å²) in [6, 6.07) is 13.5. The lowest BCUT2D eigenvalue weighted by molar-refractivity contribution is -0.111. The molecule has 0 saturated heterocycles. The Labute approximate surface area is 196 Å². The highest BCUT2D eigenvalue weighted by Crippen LogP contribution is 2.40. The Morgan fingerprint density at radius 2 is 1.85 bits per heavy atom. The van der Waals surface area contributed by atoms with Gasteiger partial charge in [0.2, 0.25) is 5.91 Å². The third kappa shape index (κ3) is 4.50. The van der Waals surface area contributed by atoms with E-state index in [1.54, 1.807) is 37.6 Å². The third-order valence-corrected chi connectivity index (χ3v) is 5.87. The zero-order chi connectivity index (χ0) is 23.7. The minimum Gasteiger partial charge on any atom is -0.496 e. The summed E-state index contributed by atoms with van der Waals surface area (Å²) in [7, 11) is 1.59. The smallest absolute Gasteiger partial charge is 0.248 e. The number of benzene rings is 3. The van der Waals surface area contributed by atoms with Crippen LogP contribution in [0, 0.1) is 19.7 Å². The van der Waals surface area contributed by atoms with Gasteiger partial charge in [0.25, 0.3) is 0 Å². The van der Waals surface area contributed by atoms with Crippen molar-refractivity contribution in [3.8, 4) is 16.9 Å². The van der Waals surface area contributed by atoms with E-state index in [1.165, 1.54) is 18.2 Å². The van der Waals surface area contributed by atoms with Crippen LogP contribution in [0.1, 0.15) is 23.6 Å². The molecule has 6 heteroatoms. The first-order chi connectivity index (χ1) is 15.8. The van der Waals surface area contributed by atoms with Crippen molar-refractivity contribution in [3.05, 3.63) is 88.4 Å². The Hall–Kier alpha value is -3.57. The monoisotopic (exact) mass is 463 g/mol. The number of furan rings is 1. The van der Waals surface area contributed by atoms with Gasteiger partial charge in [-0.15, -0.1) is 0 Å². The molecule has 1 amide bonds. The fourth-order valence-corrected chi connectivity index (χ4v) is 4.07. The minimum atomic E-state index is -0.301. The summed E-state index contributed by atoms with van der Waals surface area (Å²) in [6.45, 7) is 5.66. The van der Waals surface area contributed by atoms with Gasteiger partial charge in [0.05, 0.1) is 13.4 Å². The van der Waals surface area contributed by atoms with Gasteiger partial charge in [0, 0.05) is 38.9 Å². The molecule has 4 aromatic rings. The number of anilines is 1. The lowest BCUT2D eigenvalue weighted by Gasteiger charge is -2.14. The zero-order valence-electron chi connectivity index (χ0n) is 18.8. The maximum atomic E-state index is 13.4. The predicted octanol–water partition coefficient (Wildman–Crippen LogP) is 7.56. The van der Waals surface area contributed by atoms with Gasteiger partial charge in [0.15, 0.2) is 0 Å². The number of ether oxygens (including phenoxy) is 1. The molecule has 0 radical (unpaired) electrons. The number of rotatable bonds is 5. The van der Waals surface area contributed by atoms with Crippen molar-refractivity contribution in [2.75, 3.05) is 12.4 Å². The van der Waals surface area contributed by atoms with Crippen molar-refractivity contribution >= 4 is 39.7 Å². The molecular weight excluding hydrogens is 441 g/mol. The molecule has 4 nitrogen and oxygen atoms in total. The fraction of sp³-hybridized carbons (Fsp3) is 0.148. The lowest BCUT2D eigenvalue weighted by Crippen LogP contribution is -2.10. The molecule has 1 heterocycles. The summed E-state index contributed by atoms with van der Waals surface area (Å²) < 4.78 is 24.9. The number of amides is 1. The van der Waals surface area contributed by atoms with Crippen molar-refractivity contribution in [2.45, 2.75) is 20.8 Å². The summed E-state index contributed by atoms with van der Waals surface area (Å²) in [5.74, 6) is 0.0523. The van der Waals surface area contributed by atoms with Crippen molar-refractivity contribution in [1.82, 2.24) is 0 Å². The fourth-order valence-electron chi connectivity index (χ4n) is 3.90. The third-order valence-electron chi connectivity index (χ3n) is 5.63. The van der Waals surface area contributed by atoms with E-state index in [9.17, 15) is 9.18 Å². The molecule has 1 aromatic heterocycles. The van der Waals surface area contributed by atoms with E-state index in [0.717, 1.165) is 38.8 Å². The predicted molar refractivity (Wildman–Crippen MR) is 131 cm³/mol. The second kappa shape index (κ2) is 9.12. The average Bonchev–Trinajstić information content (AvgIpc) is 3.21. The van der Waals surface area contributed by atoms with Gasteiger partial charge in [-0.05, 0) is 67.8 Å². The molecule has 0 saturated carbocycles. The number of aryl methyl sites for hydroxylation is 2. The number of carbonyl (C=O) groups is 1. The normalized spacial score (nSPS) is 11.6. The molecule has 0 aliphatic carbocycles. The number of nitrogens with one attached hydrogen (secondary N) is 1. The number of hydrogen-bond acceptors (Lipinski definition) is 3. The molecule has 0 atom stereocenters. The quantitative estimate of drug-likeness (QED) is 0.311. The van der Waals surface area contributed by atoms with E-state index < -0.39 is 0 Å². The largest absolute Gasteiger partial charge is 0.496 e. The van der Waals surface area contributed by atoms with Gasteiger partial charge in [-0.1, -0.05) is 29.8 Å². The Kier molecular flexibility index (Phi) is 6.25. The van der Waals surface area contributed by atoms with Gasteiger partial charge in [-0.2, -0.15) is 0 Å². The summed E-state index contributed by atoms with van der Waals surface area (Å²) in [6.07, 6.45) is 3.18. The van der Waals surface area contributed by atoms with Crippen LogP contribution in [-0.4, -0.2) is 13.0 Å². The Morgan fingerprint density at radius 1 is 1.12 bits per heavy atom. The first kappa shape index (κ1) is 22.6. The molecule has 0 aliphatic heterocycles. The summed E-state index contributed by atoms with van der Waals surface area (Å²) >= 11 is 6.06. The van der Waals surface area contributed by atoms with Crippen LogP contribution in [-0.2, 0) is 4.79 Å². The molecule has 0 unspecified atom stereocenters. The van der Waals surface area contributed by atoms with Crippen molar-refractivity contribution < 1.29 is 18.3 Å². The number of halogens is 2. The lowest BCUT2D eigenvalue weighted by atomic mass is 9.96. The number of carbonyl (C=O) groups excluding carboxylic acids is 1. The number of hydrogen-bond donors (Lipinski definition) is 1. The van der Waals surface area contributed by atoms with Crippen LogP contribution in [0.15, 0.2) is 65.3 Å².